The van der Waals surface area contributed by atoms with Gasteiger partial charge in [0.2, 0.25) is 0 Å². The van der Waals surface area contributed by atoms with Crippen molar-refractivity contribution < 1.29 is 14.6 Å². The van der Waals surface area contributed by atoms with Gasteiger partial charge in [-0.2, -0.15) is 0 Å². The number of hydrogen-bond donors (Lipinski definition) is 1. The third-order valence-electron chi connectivity index (χ3n) is 2.96. The summed E-state index contributed by atoms with van der Waals surface area (Å²) >= 11 is 0. The summed E-state index contributed by atoms with van der Waals surface area (Å²) in [4.78, 5) is 10.4. The molecule has 2 rings (SSSR count). The normalized spacial score (nSPS) is 14.6. The zero-order valence-corrected chi connectivity index (χ0v) is 9.89. The fraction of sp³-hybridized carbons (Fsp3) is 0.500. The smallest absolute Gasteiger partial charge is 0.303 e. The largest absolute Gasteiger partial charge is 0.493 e. The molecule has 0 aromatic heterocycles. The molecule has 1 aromatic carbocycles. The van der Waals surface area contributed by atoms with Crippen molar-refractivity contribution in [2.45, 2.75) is 32.1 Å². The average molecular weight is 234 g/mol. The molecule has 0 saturated heterocycles. The van der Waals surface area contributed by atoms with Gasteiger partial charge in [0.25, 0.3) is 0 Å². The van der Waals surface area contributed by atoms with Crippen molar-refractivity contribution in [3.05, 3.63) is 29.8 Å². The molecule has 92 valence electrons. The van der Waals surface area contributed by atoms with Crippen molar-refractivity contribution >= 4 is 5.97 Å². The predicted molar refractivity (Wildman–Crippen MR) is 65.2 cm³/mol. The molecule has 0 amide bonds. The number of rotatable bonds is 7. The topological polar surface area (TPSA) is 46.5 Å². The number of ether oxygens (including phenoxy) is 1. The Morgan fingerprint density at radius 1 is 1.29 bits per heavy atom. The van der Waals surface area contributed by atoms with Gasteiger partial charge in [0.15, 0.2) is 0 Å². The predicted octanol–water partition coefficient (Wildman–Crippen LogP) is 2.88. The maximum Gasteiger partial charge on any atom is 0.303 e. The lowest BCUT2D eigenvalue weighted by Crippen LogP contribution is -1.99. The minimum absolute atomic E-state index is 0.236. The van der Waals surface area contributed by atoms with Gasteiger partial charge in [0, 0.05) is 6.42 Å². The number of aryl methyl sites for hydroxylation is 1. The number of carbonyl (C=O) groups is 1. The van der Waals surface area contributed by atoms with Crippen LogP contribution in [0.4, 0.5) is 0 Å². The quantitative estimate of drug-likeness (QED) is 0.789. The first-order valence-corrected chi connectivity index (χ1v) is 6.17. The van der Waals surface area contributed by atoms with E-state index in [0.717, 1.165) is 24.7 Å². The molecule has 1 aliphatic rings. The molecule has 1 aromatic rings. The van der Waals surface area contributed by atoms with Crippen molar-refractivity contribution in [1.29, 1.82) is 0 Å². The second-order valence-electron chi connectivity index (χ2n) is 4.65. The molecule has 17 heavy (non-hydrogen) atoms. The fourth-order valence-electron chi connectivity index (χ4n) is 1.69. The van der Waals surface area contributed by atoms with E-state index in [0.29, 0.717) is 6.42 Å². The minimum atomic E-state index is -0.727. The van der Waals surface area contributed by atoms with Crippen LogP contribution in [-0.2, 0) is 11.2 Å². The summed E-state index contributed by atoms with van der Waals surface area (Å²) in [6.07, 6.45) is 4.34. The summed E-state index contributed by atoms with van der Waals surface area (Å²) in [7, 11) is 0. The van der Waals surface area contributed by atoms with Crippen molar-refractivity contribution in [2.75, 3.05) is 6.61 Å². The summed E-state index contributed by atoms with van der Waals surface area (Å²) in [5, 5.41) is 8.54. The van der Waals surface area contributed by atoms with Crippen LogP contribution in [0.5, 0.6) is 5.75 Å². The molecule has 0 aliphatic heterocycles. The van der Waals surface area contributed by atoms with Gasteiger partial charge < -0.3 is 9.84 Å². The summed E-state index contributed by atoms with van der Waals surface area (Å²) < 4.78 is 5.63. The Balaban J connectivity index is 1.73. The Labute approximate surface area is 101 Å². The maximum atomic E-state index is 10.4. The Hall–Kier alpha value is -1.51. The molecule has 0 atom stereocenters. The number of carboxylic acids is 1. The molecule has 0 radical (unpaired) electrons. The van der Waals surface area contributed by atoms with Crippen LogP contribution in [0.1, 0.15) is 31.2 Å². The minimum Gasteiger partial charge on any atom is -0.493 e. The fourth-order valence-corrected chi connectivity index (χ4v) is 1.69. The highest BCUT2D eigenvalue weighted by molar-refractivity contribution is 5.66. The molecule has 1 N–H and O–H groups in total. The van der Waals surface area contributed by atoms with Crippen molar-refractivity contribution in [3.8, 4) is 5.75 Å². The third-order valence-corrected chi connectivity index (χ3v) is 2.96. The molecule has 1 aliphatic carbocycles. The third kappa shape index (κ3) is 4.47. The van der Waals surface area contributed by atoms with Gasteiger partial charge in [-0.15, -0.1) is 0 Å². The molecule has 0 bridgehead atoms. The molecule has 0 spiro atoms. The molecule has 1 fully saturated rings. The lowest BCUT2D eigenvalue weighted by molar-refractivity contribution is -0.137. The van der Waals surface area contributed by atoms with E-state index in [-0.39, 0.29) is 6.42 Å². The summed E-state index contributed by atoms with van der Waals surface area (Å²) in [5.74, 6) is 0.957. The SMILES string of the molecule is O=C(O)CCCc1ccc(OCC2CC2)cc1. The Morgan fingerprint density at radius 2 is 2.00 bits per heavy atom. The van der Waals surface area contributed by atoms with E-state index in [1.807, 2.05) is 24.3 Å². The van der Waals surface area contributed by atoms with E-state index in [9.17, 15) is 4.79 Å². The van der Waals surface area contributed by atoms with Gasteiger partial charge in [-0.3, -0.25) is 4.79 Å². The monoisotopic (exact) mass is 234 g/mol. The van der Waals surface area contributed by atoms with E-state index in [4.69, 9.17) is 9.84 Å². The highest BCUT2D eigenvalue weighted by Gasteiger charge is 2.21. The molecular weight excluding hydrogens is 216 g/mol. The summed E-state index contributed by atoms with van der Waals surface area (Å²) in [6.45, 7) is 0.832. The first-order chi connectivity index (χ1) is 8.24. The maximum absolute atomic E-state index is 10.4. The van der Waals surface area contributed by atoms with E-state index < -0.39 is 5.97 Å². The van der Waals surface area contributed by atoms with E-state index in [2.05, 4.69) is 0 Å². The van der Waals surface area contributed by atoms with Gasteiger partial charge in [-0.1, -0.05) is 12.1 Å². The van der Waals surface area contributed by atoms with E-state index in [1.54, 1.807) is 0 Å². The van der Waals surface area contributed by atoms with Crippen LogP contribution < -0.4 is 4.74 Å². The van der Waals surface area contributed by atoms with Gasteiger partial charge in [-0.25, -0.2) is 0 Å². The Bertz CT molecular complexity index is 366. The number of aliphatic carboxylic acids is 1. The Kier molecular flexibility index (Phi) is 4.02. The average Bonchev–Trinajstić information content (AvgIpc) is 3.11. The van der Waals surface area contributed by atoms with Crippen molar-refractivity contribution in [3.63, 3.8) is 0 Å². The number of hydrogen-bond acceptors (Lipinski definition) is 2. The second kappa shape index (κ2) is 5.71. The van der Waals surface area contributed by atoms with Crippen LogP contribution in [0, 0.1) is 5.92 Å². The number of carboxylic acid groups (broad SMARTS) is 1. The molecule has 0 unspecified atom stereocenters. The van der Waals surface area contributed by atoms with Gasteiger partial charge in [-0.05, 0) is 49.3 Å². The van der Waals surface area contributed by atoms with Crippen LogP contribution >= 0.6 is 0 Å². The zero-order valence-electron chi connectivity index (χ0n) is 9.89. The van der Waals surface area contributed by atoms with Crippen LogP contribution in [0.3, 0.4) is 0 Å². The summed E-state index contributed by atoms with van der Waals surface area (Å²) in [6, 6.07) is 7.98. The molecule has 3 heteroatoms. The number of benzene rings is 1. The lowest BCUT2D eigenvalue weighted by Gasteiger charge is -2.06. The first-order valence-electron chi connectivity index (χ1n) is 6.17. The molecule has 0 heterocycles. The standard InChI is InChI=1S/C14H18O3/c15-14(16)3-1-2-11-6-8-13(9-7-11)17-10-12-4-5-12/h6-9,12H,1-5,10H2,(H,15,16). The molecule has 3 nitrogen and oxygen atoms in total. The van der Waals surface area contributed by atoms with Gasteiger partial charge in [0.1, 0.15) is 5.75 Å². The van der Waals surface area contributed by atoms with Crippen LogP contribution in [0.15, 0.2) is 24.3 Å². The molecule has 1 saturated carbocycles. The zero-order chi connectivity index (χ0) is 12.1. The van der Waals surface area contributed by atoms with Gasteiger partial charge >= 0.3 is 5.97 Å². The summed E-state index contributed by atoms with van der Waals surface area (Å²) in [5.41, 5.74) is 1.17. The first kappa shape index (κ1) is 12.0. The Morgan fingerprint density at radius 3 is 2.59 bits per heavy atom. The highest BCUT2D eigenvalue weighted by atomic mass is 16.5. The van der Waals surface area contributed by atoms with Crippen LogP contribution in [0.25, 0.3) is 0 Å². The van der Waals surface area contributed by atoms with E-state index in [1.165, 1.54) is 18.4 Å². The van der Waals surface area contributed by atoms with Crippen LogP contribution in [-0.4, -0.2) is 17.7 Å². The lowest BCUT2D eigenvalue weighted by atomic mass is 10.1. The highest BCUT2D eigenvalue weighted by Crippen LogP contribution is 2.29. The molecular formula is C14H18O3. The van der Waals surface area contributed by atoms with Crippen LogP contribution in [0.2, 0.25) is 0 Å². The van der Waals surface area contributed by atoms with Gasteiger partial charge in [0.05, 0.1) is 6.61 Å². The van der Waals surface area contributed by atoms with E-state index >= 15 is 0 Å². The van der Waals surface area contributed by atoms with Crippen molar-refractivity contribution in [1.82, 2.24) is 0 Å². The van der Waals surface area contributed by atoms with Crippen molar-refractivity contribution in [2.24, 2.45) is 5.92 Å². The second-order valence-corrected chi connectivity index (χ2v) is 4.65.